The number of benzene rings is 2. The van der Waals surface area contributed by atoms with Crippen LogP contribution >= 0.6 is 15.9 Å². The molecule has 0 saturated heterocycles. The number of Topliss-reactive ketones (excluding diaryl/α,β-unsaturated/α-hetero) is 1. The van der Waals surface area contributed by atoms with Crippen molar-refractivity contribution in [3.8, 4) is 0 Å². The number of rotatable bonds is 4. The van der Waals surface area contributed by atoms with Gasteiger partial charge in [0.25, 0.3) is 0 Å². The molecule has 1 N–H and O–H groups in total. The summed E-state index contributed by atoms with van der Waals surface area (Å²) in [6.45, 7) is 1.51. The summed E-state index contributed by atoms with van der Waals surface area (Å²) in [4.78, 5) is 23.0. The van der Waals surface area contributed by atoms with Gasteiger partial charge in [-0.25, -0.2) is 0 Å². The van der Waals surface area contributed by atoms with Gasteiger partial charge in [0.1, 0.15) is 0 Å². The summed E-state index contributed by atoms with van der Waals surface area (Å²) in [6.07, 6.45) is 3.21. The number of anilines is 1. The molecular formula is C17H14BrNO2. The van der Waals surface area contributed by atoms with E-state index in [0.717, 1.165) is 10.0 Å². The summed E-state index contributed by atoms with van der Waals surface area (Å²) < 4.78 is 0.930. The average molecular weight is 344 g/mol. The Balaban J connectivity index is 2.02. The predicted octanol–water partition coefficient (Wildman–Crippen LogP) is 4.30. The molecule has 0 aliphatic carbocycles. The standard InChI is InChI=1S/C17H14BrNO2/c1-12(20)13-6-9-15(10-7-13)19-17(21)11-8-14-4-2-3-5-16(14)18/h2-11H,1H3,(H,19,21)/b11-8+. The van der Waals surface area contributed by atoms with Crippen molar-refractivity contribution in [1.29, 1.82) is 0 Å². The van der Waals surface area contributed by atoms with Gasteiger partial charge in [0.05, 0.1) is 0 Å². The monoisotopic (exact) mass is 343 g/mol. The Hall–Kier alpha value is -2.20. The molecule has 2 rings (SSSR count). The minimum absolute atomic E-state index is 0.00157. The smallest absolute Gasteiger partial charge is 0.248 e. The first-order chi connectivity index (χ1) is 10.1. The first-order valence-corrected chi connectivity index (χ1v) is 7.20. The van der Waals surface area contributed by atoms with E-state index in [9.17, 15) is 9.59 Å². The van der Waals surface area contributed by atoms with Gasteiger partial charge in [0.2, 0.25) is 5.91 Å². The summed E-state index contributed by atoms with van der Waals surface area (Å²) in [5.74, 6) is -0.219. The Morgan fingerprint density at radius 3 is 2.33 bits per heavy atom. The molecule has 3 nitrogen and oxygen atoms in total. The SMILES string of the molecule is CC(=O)c1ccc(NC(=O)/C=C/c2ccccc2Br)cc1. The molecule has 2 aromatic carbocycles. The van der Waals surface area contributed by atoms with Gasteiger partial charge in [-0.05, 0) is 48.9 Å². The first-order valence-electron chi connectivity index (χ1n) is 6.41. The number of halogens is 1. The Morgan fingerprint density at radius 2 is 1.71 bits per heavy atom. The Kier molecular flexibility index (Phi) is 5.06. The van der Waals surface area contributed by atoms with Crippen LogP contribution in [0.1, 0.15) is 22.8 Å². The van der Waals surface area contributed by atoms with Gasteiger partial charge >= 0.3 is 0 Å². The highest BCUT2D eigenvalue weighted by Gasteiger charge is 2.01. The number of amides is 1. The van der Waals surface area contributed by atoms with Crippen molar-refractivity contribution in [2.75, 3.05) is 5.32 Å². The minimum Gasteiger partial charge on any atom is -0.323 e. The molecule has 0 radical (unpaired) electrons. The zero-order chi connectivity index (χ0) is 15.2. The van der Waals surface area contributed by atoms with Crippen LogP contribution < -0.4 is 5.32 Å². The zero-order valence-corrected chi connectivity index (χ0v) is 13.1. The lowest BCUT2D eigenvalue weighted by Crippen LogP contribution is -2.07. The van der Waals surface area contributed by atoms with E-state index in [1.807, 2.05) is 24.3 Å². The second-order valence-corrected chi connectivity index (χ2v) is 5.33. The third kappa shape index (κ3) is 4.39. The van der Waals surface area contributed by atoms with Gasteiger partial charge in [-0.1, -0.05) is 34.1 Å². The number of hydrogen-bond donors (Lipinski definition) is 1. The van der Waals surface area contributed by atoms with Crippen LogP contribution in [0, 0.1) is 0 Å². The summed E-state index contributed by atoms with van der Waals surface area (Å²) in [5.41, 5.74) is 2.21. The van der Waals surface area contributed by atoms with Crippen molar-refractivity contribution in [2.45, 2.75) is 6.92 Å². The lowest BCUT2D eigenvalue weighted by atomic mass is 10.1. The van der Waals surface area contributed by atoms with Crippen LogP contribution in [0.2, 0.25) is 0 Å². The molecule has 21 heavy (non-hydrogen) atoms. The van der Waals surface area contributed by atoms with Gasteiger partial charge in [0, 0.05) is 21.8 Å². The average Bonchev–Trinajstić information content (AvgIpc) is 2.47. The van der Waals surface area contributed by atoms with E-state index < -0.39 is 0 Å². The predicted molar refractivity (Wildman–Crippen MR) is 88.3 cm³/mol. The van der Waals surface area contributed by atoms with E-state index in [-0.39, 0.29) is 11.7 Å². The summed E-state index contributed by atoms with van der Waals surface area (Å²) in [7, 11) is 0. The third-order valence-corrected chi connectivity index (χ3v) is 3.60. The molecular weight excluding hydrogens is 330 g/mol. The molecule has 0 aromatic heterocycles. The van der Waals surface area contributed by atoms with Crippen molar-refractivity contribution in [3.63, 3.8) is 0 Å². The van der Waals surface area contributed by atoms with E-state index in [1.54, 1.807) is 30.3 Å². The number of nitrogens with one attached hydrogen (secondary N) is 1. The second-order valence-electron chi connectivity index (χ2n) is 4.48. The van der Waals surface area contributed by atoms with Crippen LogP contribution in [-0.4, -0.2) is 11.7 Å². The molecule has 0 atom stereocenters. The minimum atomic E-state index is -0.221. The molecule has 0 bridgehead atoms. The summed E-state index contributed by atoms with van der Waals surface area (Å²) >= 11 is 3.42. The number of hydrogen-bond acceptors (Lipinski definition) is 2. The topological polar surface area (TPSA) is 46.2 Å². The largest absolute Gasteiger partial charge is 0.323 e. The Morgan fingerprint density at radius 1 is 1.05 bits per heavy atom. The molecule has 0 spiro atoms. The highest BCUT2D eigenvalue weighted by molar-refractivity contribution is 9.10. The Labute approximate surface area is 131 Å². The number of carbonyl (C=O) groups is 2. The molecule has 0 aliphatic heterocycles. The molecule has 0 unspecified atom stereocenters. The van der Waals surface area contributed by atoms with Gasteiger partial charge in [-0.15, -0.1) is 0 Å². The quantitative estimate of drug-likeness (QED) is 0.664. The molecule has 0 aliphatic rings. The zero-order valence-electron chi connectivity index (χ0n) is 11.5. The van der Waals surface area contributed by atoms with Gasteiger partial charge in [-0.2, -0.15) is 0 Å². The normalized spacial score (nSPS) is 10.6. The van der Waals surface area contributed by atoms with Crippen molar-refractivity contribution in [3.05, 3.63) is 70.2 Å². The molecule has 0 fully saturated rings. The lowest BCUT2D eigenvalue weighted by molar-refractivity contribution is -0.111. The van der Waals surface area contributed by atoms with E-state index in [2.05, 4.69) is 21.2 Å². The van der Waals surface area contributed by atoms with Gasteiger partial charge in [-0.3, -0.25) is 9.59 Å². The molecule has 1 amide bonds. The highest BCUT2D eigenvalue weighted by atomic mass is 79.9. The fourth-order valence-electron chi connectivity index (χ4n) is 1.75. The Bertz CT molecular complexity index is 690. The fraction of sp³-hybridized carbons (Fsp3) is 0.0588. The number of ketones is 1. The first kappa shape index (κ1) is 15.2. The van der Waals surface area contributed by atoms with Crippen LogP contribution in [-0.2, 0) is 4.79 Å². The molecule has 0 heterocycles. The molecule has 106 valence electrons. The molecule has 4 heteroatoms. The van der Waals surface area contributed by atoms with Crippen LogP contribution in [0.25, 0.3) is 6.08 Å². The molecule has 2 aromatic rings. The second kappa shape index (κ2) is 6.99. The van der Waals surface area contributed by atoms with Gasteiger partial charge < -0.3 is 5.32 Å². The maximum atomic E-state index is 11.8. The third-order valence-electron chi connectivity index (χ3n) is 2.88. The fourth-order valence-corrected chi connectivity index (χ4v) is 2.16. The highest BCUT2D eigenvalue weighted by Crippen LogP contribution is 2.17. The van der Waals surface area contributed by atoms with Crippen molar-refractivity contribution in [1.82, 2.24) is 0 Å². The van der Waals surface area contributed by atoms with Crippen LogP contribution in [0.5, 0.6) is 0 Å². The maximum absolute atomic E-state index is 11.8. The van der Waals surface area contributed by atoms with Crippen LogP contribution in [0.3, 0.4) is 0 Å². The maximum Gasteiger partial charge on any atom is 0.248 e. The summed E-state index contributed by atoms with van der Waals surface area (Å²) in [5, 5.41) is 2.75. The van der Waals surface area contributed by atoms with Crippen molar-refractivity contribution in [2.24, 2.45) is 0 Å². The van der Waals surface area contributed by atoms with Gasteiger partial charge in [0.15, 0.2) is 5.78 Å². The number of carbonyl (C=O) groups excluding carboxylic acids is 2. The molecule has 0 saturated carbocycles. The van der Waals surface area contributed by atoms with Crippen LogP contribution in [0.4, 0.5) is 5.69 Å². The van der Waals surface area contributed by atoms with E-state index in [4.69, 9.17) is 0 Å². The van der Waals surface area contributed by atoms with E-state index >= 15 is 0 Å². The summed E-state index contributed by atoms with van der Waals surface area (Å²) in [6, 6.07) is 14.4. The van der Waals surface area contributed by atoms with Crippen molar-refractivity contribution >= 4 is 39.4 Å². The van der Waals surface area contributed by atoms with E-state index in [0.29, 0.717) is 11.3 Å². The van der Waals surface area contributed by atoms with E-state index in [1.165, 1.54) is 13.0 Å². The van der Waals surface area contributed by atoms with Crippen LogP contribution in [0.15, 0.2) is 59.1 Å². The van der Waals surface area contributed by atoms with Crippen molar-refractivity contribution < 1.29 is 9.59 Å². The lowest BCUT2D eigenvalue weighted by Gasteiger charge is -2.03.